The van der Waals surface area contributed by atoms with Crippen molar-refractivity contribution in [1.29, 1.82) is 0 Å². The van der Waals surface area contributed by atoms with E-state index in [1.165, 1.54) is 0 Å². The van der Waals surface area contributed by atoms with Gasteiger partial charge < -0.3 is 14.5 Å². The molecule has 0 aliphatic carbocycles. The number of halogens is 1. The summed E-state index contributed by atoms with van der Waals surface area (Å²) in [6.45, 7) is 3.31. The Morgan fingerprint density at radius 2 is 1.91 bits per heavy atom. The van der Waals surface area contributed by atoms with E-state index in [9.17, 15) is 4.79 Å². The first-order valence-electron chi connectivity index (χ1n) is 11.2. The molecule has 2 heterocycles. The van der Waals surface area contributed by atoms with E-state index in [4.69, 9.17) is 21.3 Å². The maximum atomic E-state index is 12.5. The second-order valence-electron chi connectivity index (χ2n) is 8.07. The van der Waals surface area contributed by atoms with Crippen LogP contribution in [0.5, 0.6) is 0 Å². The van der Waals surface area contributed by atoms with Crippen LogP contribution in [0.15, 0.2) is 66.9 Å². The molecular weight excluding hydrogens is 434 g/mol. The molecular formula is C27H28ClN3O2. The SMILES string of the molecule is COCCCNC(=O)CCc1c(-c2ccccc2)nc2ccc(-c3ccc(Cl)cc3C)cn12. The van der Waals surface area contributed by atoms with Crippen molar-refractivity contribution in [3.63, 3.8) is 0 Å². The van der Waals surface area contributed by atoms with E-state index < -0.39 is 0 Å². The number of hydrogen-bond donors (Lipinski definition) is 1. The standard InChI is InChI=1S/C27H28ClN3O2/c1-19-17-22(28)10-11-23(19)21-9-13-25-30-27(20-7-4-3-5-8-20)24(31(25)18-21)12-14-26(32)29-15-6-16-33-2/h3-5,7-11,13,17-18H,6,12,14-16H2,1-2H3,(H,29,32). The van der Waals surface area contributed by atoms with Gasteiger partial charge in [0.2, 0.25) is 5.91 Å². The first kappa shape index (κ1) is 23.0. The van der Waals surface area contributed by atoms with Crippen molar-refractivity contribution in [3.8, 4) is 22.4 Å². The van der Waals surface area contributed by atoms with E-state index in [-0.39, 0.29) is 5.91 Å². The quantitative estimate of drug-likeness (QED) is 0.324. The van der Waals surface area contributed by atoms with Gasteiger partial charge in [0.1, 0.15) is 5.65 Å². The lowest BCUT2D eigenvalue weighted by Crippen LogP contribution is -2.25. The van der Waals surface area contributed by atoms with Gasteiger partial charge in [0.25, 0.3) is 0 Å². The molecule has 4 aromatic rings. The summed E-state index contributed by atoms with van der Waals surface area (Å²) in [4.78, 5) is 17.4. The van der Waals surface area contributed by atoms with Gasteiger partial charge in [-0.3, -0.25) is 4.79 Å². The average Bonchev–Trinajstić information content (AvgIpc) is 3.19. The zero-order chi connectivity index (χ0) is 23.2. The third kappa shape index (κ3) is 5.44. The molecule has 5 nitrogen and oxygen atoms in total. The van der Waals surface area contributed by atoms with E-state index in [1.807, 2.05) is 42.5 Å². The second kappa shape index (κ2) is 10.6. The molecule has 0 aliphatic rings. The van der Waals surface area contributed by atoms with Gasteiger partial charge in [-0.25, -0.2) is 4.98 Å². The predicted octanol–water partition coefficient (Wildman–Crippen LogP) is 5.72. The van der Waals surface area contributed by atoms with Crippen LogP contribution in [0.4, 0.5) is 0 Å². The van der Waals surface area contributed by atoms with Crippen molar-refractivity contribution in [2.75, 3.05) is 20.3 Å². The molecule has 1 N–H and O–H groups in total. The summed E-state index contributed by atoms with van der Waals surface area (Å²) in [5.74, 6) is 0.0322. The molecule has 4 rings (SSSR count). The molecule has 170 valence electrons. The number of ether oxygens (including phenoxy) is 1. The van der Waals surface area contributed by atoms with Gasteiger partial charge in [0.15, 0.2) is 0 Å². The Hall–Kier alpha value is -3.15. The Morgan fingerprint density at radius 1 is 1.09 bits per heavy atom. The van der Waals surface area contributed by atoms with E-state index in [0.29, 0.717) is 26.0 Å². The zero-order valence-corrected chi connectivity index (χ0v) is 19.7. The third-order valence-corrected chi connectivity index (χ3v) is 5.94. The summed E-state index contributed by atoms with van der Waals surface area (Å²) in [6.07, 6.45) is 3.89. The first-order chi connectivity index (χ1) is 16.1. The number of methoxy groups -OCH3 is 1. The van der Waals surface area contributed by atoms with Crippen molar-refractivity contribution in [1.82, 2.24) is 14.7 Å². The highest BCUT2D eigenvalue weighted by atomic mass is 35.5. The molecule has 0 spiro atoms. The van der Waals surface area contributed by atoms with Gasteiger partial charge in [-0.05, 0) is 60.7 Å². The number of nitrogens with one attached hydrogen (secondary N) is 1. The van der Waals surface area contributed by atoms with Crippen LogP contribution in [0.3, 0.4) is 0 Å². The number of aromatic nitrogens is 2. The van der Waals surface area contributed by atoms with Crippen LogP contribution in [0.1, 0.15) is 24.1 Å². The lowest BCUT2D eigenvalue weighted by atomic mass is 10.0. The van der Waals surface area contributed by atoms with Crippen LogP contribution in [0.2, 0.25) is 5.02 Å². The molecule has 0 atom stereocenters. The molecule has 0 unspecified atom stereocenters. The largest absolute Gasteiger partial charge is 0.385 e. The number of rotatable bonds is 9. The Labute approximate surface area is 199 Å². The summed E-state index contributed by atoms with van der Waals surface area (Å²) in [6, 6.07) is 20.2. The van der Waals surface area contributed by atoms with Crippen LogP contribution in [0.25, 0.3) is 28.0 Å². The smallest absolute Gasteiger partial charge is 0.220 e. The van der Waals surface area contributed by atoms with Crippen LogP contribution in [-0.4, -0.2) is 35.6 Å². The predicted molar refractivity (Wildman–Crippen MR) is 134 cm³/mol. The Kier molecular flexibility index (Phi) is 7.43. The zero-order valence-electron chi connectivity index (χ0n) is 19.0. The fourth-order valence-electron chi connectivity index (χ4n) is 4.03. The van der Waals surface area contributed by atoms with Crippen molar-refractivity contribution < 1.29 is 9.53 Å². The molecule has 2 aromatic heterocycles. The molecule has 1 amide bonds. The maximum Gasteiger partial charge on any atom is 0.220 e. The number of fused-ring (bicyclic) bond motifs is 1. The van der Waals surface area contributed by atoms with E-state index in [2.05, 4.69) is 41.0 Å². The van der Waals surface area contributed by atoms with Crippen LogP contribution < -0.4 is 5.32 Å². The maximum absolute atomic E-state index is 12.5. The lowest BCUT2D eigenvalue weighted by molar-refractivity contribution is -0.121. The van der Waals surface area contributed by atoms with Gasteiger partial charge in [-0.15, -0.1) is 0 Å². The van der Waals surface area contributed by atoms with Crippen molar-refractivity contribution >= 4 is 23.2 Å². The third-order valence-electron chi connectivity index (χ3n) is 5.70. The fraction of sp³-hybridized carbons (Fsp3) is 0.259. The molecule has 0 fully saturated rings. The first-order valence-corrected chi connectivity index (χ1v) is 11.5. The summed E-state index contributed by atoms with van der Waals surface area (Å²) in [5, 5.41) is 3.70. The second-order valence-corrected chi connectivity index (χ2v) is 8.51. The van der Waals surface area contributed by atoms with Crippen LogP contribution in [-0.2, 0) is 16.0 Å². The van der Waals surface area contributed by atoms with Gasteiger partial charge in [0.05, 0.1) is 11.4 Å². The number of hydrogen-bond acceptors (Lipinski definition) is 3. The minimum absolute atomic E-state index is 0.0322. The number of benzene rings is 2. The molecule has 6 heteroatoms. The van der Waals surface area contributed by atoms with Crippen molar-refractivity contribution in [2.45, 2.75) is 26.2 Å². The normalized spacial score (nSPS) is 11.1. The number of nitrogens with zero attached hydrogens (tertiary/aromatic N) is 2. The van der Waals surface area contributed by atoms with Gasteiger partial charge in [-0.2, -0.15) is 0 Å². The molecule has 0 radical (unpaired) electrons. The summed E-state index contributed by atoms with van der Waals surface area (Å²) >= 11 is 6.16. The number of aryl methyl sites for hydroxylation is 2. The summed E-state index contributed by atoms with van der Waals surface area (Å²) < 4.78 is 7.16. The molecule has 0 aliphatic heterocycles. The number of amides is 1. The molecule has 0 saturated heterocycles. The van der Waals surface area contributed by atoms with E-state index in [1.54, 1.807) is 7.11 Å². The summed E-state index contributed by atoms with van der Waals surface area (Å²) in [5.41, 5.74) is 7.16. The molecule has 0 bridgehead atoms. The topological polar surface area (TPSA) is 55.6 Å². The lowest BCUT2D eigenvalue weighted by Gasteiger charge is -2.10. The van der Waals surface area contributed by atoms with Gasteiger partial charge in [0, 0.05) is 43.5 Å². The number of carbonyl (C=O) groups excluding carboxylic acids is 1. The highest BCUT2D eigenvalue weighted by Crippen LogP contribution is 2.30. The fourth-order valence-corrected chi connectivity index (χ4v) is 4.26. The van der Waals surface area contributed by atoms with Gasteiger partial charge >= 0.3 is 0 Å². The Balaban J connectivity index is 1.69. The minimum atomic E-state index is 0.0322. The molecule has 0 saturated carbocycles. The molecule has 2 aromatic carbocycles. The number of carbonyl (C=O) groups is 1. The van der Waals surface area contributed by atoms with Crippen molar-refractivity contribution in [2.24, 2.45) is 0 Å². The Bertz CT molecular complexity index is 1250. The monoisotopic (exact) mass is 461 g/mol. The minimum Gasteiger partial charge on any atom is -0.385 e. The Morgan fingerprint density at radius 3 is 2.67 bits per heavy atom. The van der Waals surface area contributed by atoms with Crippen LogP contribution >= 0.6 is 11.6 Å². The highest BCUT2D eigenvalue weighted by molar-refractivity contribution is 6.30. The van der Waals surface area contributed by atoms with Gasteiger partial charge in [-0.1, -0.05) is 48.0 Å². The number of imidazole rings is 1. The average molecular weight is 462 g/mol. The summed E-state index contributed by atoms with van der Waals surface area (Å²) in [7, 11) is 1.66. The number of pyridine rings is 1. The van der Waals surface area contributed by atoms with Crippen LogP contribution in [0, 0.1) is 6.92 Å². The molecule has 33 heavy (non-hydrogen) atoms. The van der Waals surface area contributed by atoms with Crippen molar-refractivity contribution in [3.05, 3.63) is 83.1 Å². The van der Waals surface area contributed by atoms with E-state index in [0.717, 1.165) is 50.7 Å². The highest BCUT2D eigenvalue weighted by Gasteiger charge is 2.16. The van der Waals surface area contributed by atoms with E-state index >= 15 is 0 Å².